The van der Waals surface area contributed by atoms with Crippen molar-refractivity contribution in [2.45, 2.75) is 45.6 Å². The second kappa shape index (κ2) is 10.2. The number of nitrogens with one attached hydrogen (secondary N) is 1. The normalized spacial score (nSPS) is 13.4. The van der Waals surface area contributed by atoms with Gasteiger partial charge in [-0.2, -0.15) is 0 Å². The van der Waals surface area contributed by atoms with Crippen molar-refractivity contribution in [2.24, 2.45) is 0 Å². The second-order valence-electron chi connectivity index (χ2n) is 5.42. The van der Waals surface area contributed by atoms with Gasteiger partial charge in [0.05, 0.1) is 18.5 Å². The van der Waals surface area contributed by atoms with Crippen molar-refractivity contribution < 1.29 is 19.0 Å². The monoisotopic (exact) mass is 324 g/mol. The van der Waals surface area contributed by atoms with Crippen LogP contribution in [0.25, 0.3) is 0 Å². The molecule has 0 aliphatic heterocycles. The topological polar surface area (TPSA) is 69.7 Å². The molecule has 0 aliphatic rings. The molecule has 0 fully saturated rings. The van der Waals surface area contributed by atoms with Crippen LogP contribution >= 0.6 is 0 Å². The van der Waals surface area contributed by atoms with Crippen LogP contribution in [0.4, 0.5) is 5.69 Å². The van der Waals surface area contributed by atoms with Gasteiger partial charge in [-0.15, -0.1) is 0 Å². The molecule has 6 heteroatoms. The Bertz CT molecular complexity index is 464. The van der Waals surface area contributed by atoms with Crippen LogP contribution in [-0.4, -0.2) is 43.4 Å². The SMILES string of the molecule is CCCCC(C)(OC)C(=O)Nc1ccc(OCCOCC)nc1. The van der Waals surface area contributed by atoms with Gasteiger partial charge in [0.25, 0.3) is 5.91 Å². The van der Waals surface area contributed by atoms with Crippen LogP contribution in [0, 0.1) is 0 Å². The van der Waals surface area contributed by atoms with Crippen LogP contribution < -0.4 is 10.1 Å². The van der Waals surface area contributed by atoms with Gasteiger partial charge in [-0.05, 0) is 26.3 Å². The average Bonchev–Trinajstić information content (AvgIpc) is 2.58. The van der Waals surface area contributed by atoms with E-state index in [1.54, 1.807) is 32.4 Å². The number of aromatic nitrogens is 1. The number of carbonyl (C=O) groups excluding carboxylic acids is 1. The highest BCUT2D eigenvalue weighted by molar-refractivity contribution is 5.96. The van der Waals surface area contributed by atoms with Gasteiger partial charge in [0, 0.05) is 19.8 Å². The van der Waals surface area contributed by atoms with E-state index < -0.39 is 5.60 Å². The predicted octanol–water partition coefficient (Wildman–Crippen LogP) is 3.03. The number of unbranched alkanes of at least 4 members (excludes halogenated alkanes) is 1. The molecule has 23 heavy (non-hydrogen) atoms. The van der Waals surface area contributed by atoms with Crippen molar-refractivity contribution in [2.75, 3.05) is 32.2 Å². The lowest BCUT2D eigenvalue weighted by Gasteiger charge is -2.26. The van der Waals surface area contributed by atoms with E-state index in [1.807, 2.05) is 6.92 Å². The van der Waals surface area contributed by atoms with Gasteiger partial charge >= 0.3 is 0 Å². The molecule has 1 heterocycles. The molecule has 1 aromatic rings. The van der Waals surface area contributed by atoms with Crippen molar-refractivity contribution in [1.29, 1.82) is 0 Å². The lowest BCUT2D eigenvalue weighted by atomic mass is 9.97. The van der Waals surface area contributed by atoms with E-state index in [0.717, 1.165) is 12.8 Å². The van der Waals surface area contributed by atoms with Gasteiger partial charge in [0.15, 0.2) is 0 Å². The first-order chi connectivity index (χ1) is 11.1. The quantitative estimate of drug-likeness (QED) is 0.634. The van der Waals surface area contributed by atoms with Gasteiger partial charge in [-0.1, -0.05) is 19.8 Å². The zero-order valence-electron chi connectivity index (χ0n) is 14.6. The van der Waals surface area contributed by atoms with Crippen LogP contribution in [-0.2, 0) is 14.3 Å². The molecule has 1 N–H and O–H groups in total. The van der Waals surface area contributed by atoms with Gasteiger partial charge in [0.2, 0.25) is 5.88 Å². The Balaban J connectivity index is 2.54. The molecular weight excluding hydrogens is 296 g/mol. The lowest BCUT2D eigenvalue weighted by Crippen LogP contribution is -2.41. The number of amides is 1. The molecule has 130 valence electrons. The standard InChI is InChI=1S/C17H28N2O4/c1-5-7-10-17(3,21-4)16(20)19-14-8-9-15(18-13-14)23-12-11-22-6-2/h8-9,13H,5-7,10-12H2,1-4H3,(H,19,20). The average molecular weight is 324 g/mol. The molecule has 1 aromatic heterocycles. The lowest BCUT2D eigenvalue weighted by molar-refractivity contribution is -0.136. The van der Waals surface area contributed by atoms with Gasteiger partial charge in [0.1, 0.15) is 12.2 Å². The summed E-state index contributed by atoms with van der Waals surface area (Å²) in [6.45, 7) is 7.46. The summed E-state index contributed by atoms with van der Waals surface area (Å²) >= 11 is 0. The van der Waals surface area contributed by atoms with E-state index in [-0.39, 0.29) is 5.91 Å². The Morgan fingerprint density at radius 1 is 1.30 bits per heavy atom. The highest BCUT2D eigenvalue weighted by Crippen LogP contribution is 2.21. The third kappa shape index (κ3) is 6.54. The Morgan fingerprint density at radius 3 is 2.65 bits per heavy atom. The molecule has 0 saturated carbocycles. The zero-order chi connectivity index (χ0) is 17.1. The molecule has 1 atom stereocenters. The minimum Gasteiger partial charge on any atom is -0.475 e. The summed E-state index contributed by atoms with van der Waals surface area (Å²) in [5, 5.41) is 2.84. The number of carbonyl (C=O) groups is 1. The molecule has 0 saturated heterocycles. The van der Waals surface area contributed by atoms with Crippen molar-refractivity contribution in [3.63, 3.8) is 0 Å². The number of hydrogen-bond acceptors (Lipinski definition) is 5. The summed E-state index contributed by atoms with van der Waals surface area (Å²) < 4.78 is 16.0. The van der Waals surface area contributed by atoms with Crippen LogP contribution in [0.5, 0.6) is 5.88 Å². The number of pyridine rings is 1. The fourth-order valence-electron chi connectivity index (χ4n) is 1.97. The number of rotatable bonds is 11. The Morgan fingerprint density at radius 2 is 2.09 bits per heavy atom. The largest absolute Gasteiger partial charge is 0.475 e. The van der Waals surface area contributed by atoms with Crippen LogP contribution in [0.2, 0.25) is 0 Å². The molecule has 1 unspecified atom stereocenters. The third-order valence-corrected chi connectivity index (χ3v) is 3.61. The van der Waals surface area contributed by atoms with E-state index in [9.17, 15) is 4.79 Å². The fourth-order valence-corrected chi connectivity index (χ4v) is 1.97. The van der Waals surface area contributed by atoms with E-state index in [4.69, 9.17) is 14.2 Å². The number of anilines is 1. The highest BCUT2D eigenvalue weighted by Gasteiger charge is 2.32. The van der Waals surface area contributed by atoms with Crippen LogP contribution in [0.1, 0.15) is 40.0 Å². The summed E-state index contributed by atoms with van der Waals surface area (Å²) in [5.74, 6) is 0.337. The summed E-state index contributed by atoms with van der Waals surface area (Å²) in [6, 6.07) is 3.48. The summed E-state index contributed by atoms with van der Waals surface area (Å²) in [5.41, 5.74) is -0.213. The first-order valence-electron chi connectivity index (χ1n) is 8.09. The molecule has 1 rings (SSSR count). The molecule has 0 spiro atoms. The van der Waals surface area contributed by atoms with Gasteiger partial charge < -0.3 is 19.5 Å². The molecule has 0 aliphatic carbocycles. The van der Waals surface area contributed by atoms with Gasteiger partial charge in [-0.3, -0.25) is 4.79 Å². The number of nitrogens with zero attached hydrogens (tertiary/aromatic N) is 1. The second-order valence-corrected chi connectivity index (χ2v) is 5.42. The van der Waals surface area contributed by atoms with Gasteiger partial charge in [-0.25, -0.2) is 4.98 Å². The number of ether oxygens (including phenoxy) is 3. The van der Waals surface area contributed by atoms with E-state index in [2.05, 4.69) is 17.2 Å². The minimum atomic E-state index is -0.831. The molecular formula is C17H28N2O4. The molecule has 6 nitrogen and oxygen atoms in total. The van der Waals surface area contributed by atoms with Crippen molar-refractivity contribution >= 4 is 11.6 Å². The Kier molecular flexibility index (Phi) is 8.58. The first-order valence-corrected chi connectivity index (χ1v) is 8.09. The molecule has 0 radical (unpaired) electrons. The predicted molar refractivity (Wildman–Crippen MR) is 89.8 cm³/mol. The van der Waals surface area contributed by atoms with E-state index in [1.165, 1.54) is 0 Å². The van der Waals surface area contributed by atoms with E-state index >= 15 is 0 Å². The van der Waals surface area contributed by atoms with E-state index in [0.29, 0.717) is 37.8 Å². The number of hydrogen-bond donors (Lipinski definition) is 1. The maximum Gasteiger partial charge on any atom is 0.256 e. The number of methoxy groups -OCH3 is 1. The molecule has 0 aromatic carbocycles. The minimum absolute atomic E-state index is 0.166. The van der Waals surface area contributed by atoms with Crippen molar-refractivity contribution in [3.8, 4) is 5.88 Å². The summed E-state index contributed by atoms with van der Waals surface area (Å²) in [6.07, 6.45) is 4.20. The third-order valence-electron chi connectivity index (χ3n) is 3.61. The highest BCUT2D eigenvalue weighted by atomic mass is 16.5. The smallest absolute Gasteiger partial charge is 0.256 e. The van der Waals surface area contributed by atoms with Crippen molar-refractivity contribution in [3.05, 3.63) is 18.3 Å². The summed E-state index contributed by atoms with van der Waals surface area (Å²) in [4.78, 5) is 16.6. The maximum absolute atomic E-state index is 12.4. The van der Waals surface area contributed by atoms with Crippen LogP contribution in [0.3, 0.4) is 0 Å². The molecule has 1 amide bonds. The fraction of sp³-hybridized carbons (Fsp3) is 0.647. The van der Waals surface area contributed by atoms with Crippen molar-refractivity contribution in [1.82, 2.24) is 4.98 Å². The first kappa shape index (κ1) is 19.4. The zero-order valence-corrected chi connectivity index (χ0v) is 14.6. The van der Waals surface area contributed by atoms with Crippen LogP contribution in [0.15, 0.2) is 18.3 Å². The maximum atomic E-state index is 12.4. The molecule has 0 bridgehead atoms. The Hall–Kier alpha value is -1.66. The summed E-state index contributed by atoms with van der Waals surface area (Å²) in [7, 11) is 1.56. The Labute approximate surface area is 138 Å².